The van der Waals surface area contributed by atoms with Crippen molar-refractivity contribution in [1.82, 2.24) is 5.32 Å². The number of rotatable bonds is 4. The average molecular weight is 407 g/mol. The second-order valence-electron chi connectivity index (χ2n) is 7.96. The van der Waals surface area contributed by atoms with Crippen LogP contribution in [0.1, 0.15) is 25.7 Å². The van der Waals surface area contributed by atoms with Gasteiger partial charge in [0.2, 0.25) is 0 Å². The molecule has 2 aromatic rings. The molecular formula is C21H23F2NO3S. The monoisotopic (exact) mass is 407 g/mol. The highest BCUT2D eigenvalue weighted by Crippen LogP contribution is 2.49. The summed E-state index contributed by atoms with van der Waals surface area (Å²) in [5.41, 5.74) is 1.14. The van der Waals surface area contributed by atoms with E-state index in [1.54, 1.807) is 0 Å². The number of benzene rings is 2. The summed E-state index contributed by atoms with van der Waals surface area (Å²) >= 11 is 0. The van der Waals surface area contributed by atoms with Crippen molar-refractivity contribution in [2.45, 2.75) is 36.7 Å². The van der Waals surface area contributed by atoms with Crippen molar-refractivity contribution in [3.63, 3.8) is 0 Å². The van der Waals surface area contributed by atoms with Gasteiger partial charge in [-0.1, -0.05) is 12.1 Å². The van der Waals surface area contributed by atoms with E-state index in [4.69, 9.17) is 4.74 Å². The summed E-state index contributed by atoms with van der Waals surface area (Å²) in [6.07, 6.45) is 4.80. The smallest absolute Gasteiger partial charge is 0.191 e. The molecule has 2 fully saturated rings. The van der Waals surface area contributed by atoms with E-state index in [2.05, 4.69) is 5.32 Å². The average Bonchev–Trinajstić information content (AvgIpc) is 2.63. The quantitative estimate of drug-likeness (QED) is 0.834. The molecule has 0 aromatic heterocycles. The van der Waals surface area contributed by atoms with Gasteiger partial charge in [-0.3, -0.25) is 0 Å². The Morgan fingerprint density at radius 1 is 1.00 bits per heavy atom. The van der Waals surface area contributed by atoms with Gasteiger partial charge in [0.15, 0.2) is 27.2 Å². The summed E-state index contributed by atoms with van der Waals surface area (Å²) in [5, 5.41) is 3.33. The van der Waals surface area contributed by atoms with Crippen molar-refractivity contribution in [2.24, 2.45) is 5.41 Å². The Hall–Kier alpha value is -1.99. The minimum Gasteiger partial charge on any atom is -0.484 e. The Morgan fingerprint density at radius 2 is 1.57 bits per heavy atom. The van der Waals surface area contributed by atoms with Crippen molar-refractivity contribution < 1.29 is 21.9 Å². The molecule has 2 aromatic carbocycles. The van der Waals surface area contributed by atoms with Crippen molar-refractivity contribution >= 4 is 9.84 Å². The molecule has 7 heteroatoms. The molecule has 4 nitrogen and oxygen atoms in total. The van der Waals surface area contributed by atoms with E-state index in [0.29, 0.717) is 11.1 Å². The van der Waals surface area contributed by atoms with E-state index in [-0.39, 0.29) is 22.2 Å². The SMILES string of the molecule is CS(=O)(=O)c1ccc(-c2cc(F)c(OC3CC4(CCNCC4)C3)c(F)c2)cc1. The third-order valence-electron chi connectivity index (χ3n) is 5.88. The largest absolute Gasteiger partial charge is 0.484 e. The molecule has 1 saturated carbocycles. The standard InChI is InChI=1S/C21H23F2NO3S/c1-28(25,26)17-4-2-14(3-5-17)15-10-18(22)20(19(23)11-15)27-16-12-21(13-16)6-8-24-9-7-21/h2-5,10-11,16,24H,6-9,12-13H2,1H3. The molecule has 1 N–H and O–H groups in total. The van der Waals surface area contributed by atoms with Crippen LogP contribution in [-0.4, -0.2) is 33.9 Å². The molecule has 28 heavy (non-hydrogen) atoms. The van der Waals surface area contributed by atoms with Crippen LogP contribution < -0.4 is 10.1 Å². The van der Waals surface area contributed by atoms with E-state index in [1.165, 1.54) is 36.4 Å². The number of halogens is 2. The maximum Gasteiger partial charge on any atom is 0.191 e. The van der Waals surface area contributed by atoms with E-state index in [1.807, 2.05) is 0 Å². The number of ether oxygens (including phenoxy) is 1. The first kappa shape index (κ1) is 19.3. The van der Waals surface area contributed by atoms with Crippen LogP contribution in [0.5, 0.6) is 5.75 Å². The summed E-state index contributed by atoms with van der Waals surface area (Å²) in [6, 6.07) is 8.39. The van der Waals surface area contributed by atoms with Crippen LogP contribution in [0.15, 0.2) is 41.3 Å². The van der Waals surface area contributed by atoms with Gasteiger partial charge in [0.05, 0.1) is 4.90 Å². The minimum atomic E-state index is -3.32. The first-order chi connectivity index (χ1) is 13.3. The molecule has 1 aliphatic heterocycles. The zero-order chi connectivity index (χ0) is 19.9. The van der Waals surface area contributed by atoms with Crippen molar-refractivity contribution in [1.29, 1.82) is 0 Å². The molecule has 4 rings (SSSR count). The minimum absolute atomic E-state index is 0.151. The zero-order valence-electron chi connectivity index (χ0n) is 15.7. The van der Waals surface area contributed by atoms with Crippen LogP contribution in [-0.2, 0) is 9.84 Å². The molecule has 1 spiro atoms. The van der Waals surface area contributed by atoms with Gasteiger partial charge >= 0.3 is 0 Å². The van der Waals surface area contributed by atoms with Gasteiger partial charge in [0.25, 0.3) is 0 Å². The Bertz CT molecular complexity index is 952. The van der Waals surface area contributed by atoms with Crippen LogP contribution in [0, 0.1) is 17.0 Å². The van der Waals surface area contributed by atoms with Gasteiger partial charge in [0, 0.05) is 6.26 Å². The maximum absolute atomic E-state index is 14.5. The number of piperidine rings is 1. The third-order valence-corrected chi connectivity index (χ3v) is 7.01. The Balaban J connectivity index is 1.49. The van der Waals surface area contributed by atoms with E-state index in [9.17, 15) is 17.2 Å². The first-order valence-electron chi connectivity index (χ1n) is 9.43. The highest BCUT2D eigenvalue weighted by atomic mass is 32.2. The van der Waals surface area contributed by atoms with Crippen LogP contribution in [0.4, 0.5) is 8.78 Å². The van der Waals surface area contributed by atoms with Gasteiger partial charge in [0.1, 0.15) is 6.10 Å². The molecule has 2 aliphatic rings. The summed E-state index contributed by atoms with van der Waals surface area (Å²) in [5.74, 6) is -1.81. The lowest BCUT2D eigenvalue weighted by Crippen LogP contribution is -2.49. The molecule has 0 atom stereocenters. The topological polar surface area (TPSA) is 55.4 Å². The summed E-state index contributed by atoms with van der Waals surface area (Å²) in [4.78, 5) is 0.161. The van der Waals surface area contributed by atoms with Crippen molar-refractivity contribution in [3.05, 3.63) is 48.0 Å². The molecule has 0 radical (unpaired) electrons. The summed E-state index contributed by atoms with van der Waals surface area (Å²) < 4.78 is 57.8. The molecule has 0 unspecified atom stereocenters. The number of hydrogen-bond donors (Lipinski definition) is 1. The maximum atomic E-state index is 14.5. The molecule has 0 amide bonds. The lowest BCUT2D eigenvalue weighted by Gasteiger charge is -2.49. The fraction of sp³-hybridized carbons (Fsp3) is 0.429. The van der Waals surface area contributed by atoms with E-state index >= 15 is 0 Å². The molecule has 1 aliphatic carbocycles. The number of sulfone groups is 1. The molecule has 0 bridgehead atoms. The van der Waals surface area contributed by atoms with Crippen molar-refractivity contribution in [2.75, 3.05) is 19.3 Å². The highest BCUT2D eigenvalue weighted by Gasteiger charge is 2.46. The third kappa shape index (κ3) is 3.78. The summed E-state index contributed by atoms with van der Waals surface area (Å²) in [7, 11) is -3.32. The van der Waals surface area contributed by atoms with Crippen LogP contribution in [0.3, 0.4) is 0 Å². The van der Waals surface area contributed by atoms with E-state index < -0.39 is 21.5 Å². The Labute approximate surface area is 163 Å². The molecule has 1 saturated heterocycles. The summed E-state index contributed by atoms with van der Waals surface area (Å²) in [6.45, 7) is 1.98. The van der Waals surface area contributed by atoms with Crippen molar-refractivity contribution in [3.8, 4) is 16.9 Å². The number of nitrogens with one attached hydrogen (secondary N) is 1. The van der Waals surface area contributed by atoms with Gasteiger partial charge < -0.3 is 10.1 Å². The molecular weight excluding hydrogens is 384 g/mol. The van der Waals surface area contributed by atoms with Crippen LogP contribution >= 0.6 is 0 Å². The molecule has 150 valence electrons. The predicted molar refractivity (Wildman–Crippen MR) is 103 cm³/mol. The van der Waals surface area contributed by atoms with Gasteiger partial charge in [-0.25, -0.2) is 17.2 Å². The van der Waals surface area contributed by atoms with Crippen LogP contribution in [0.25, 0.3) is 11.1 Å². The lowest BCUT2D eigenvalue weighted by atomic mass is 9.62. The fourth-order valence-electron chi connectivity index (χ4n) is 4.26. The van der Waals surface area contributed by atoms with Gasteiger partial charge in [-0.15, -0.1) is 0 Å². The van der Waals surface area contributed by atoms with Crippen LogP contribution in [0.2, 0.25) is 0 Å². The Morgan fingerprint density at radius 3 is 2.11 bits per heavy atom. The second kappa shape index (κ2) is 7.12. The first-order valence-corrected chi connectivity index (χ1v) is 11.3. The predicted octanol–water partition coefficient (Wildman–Crippen LogP) is 3.95. The normalized spacial score (nSPS) is 19.4. The second-order valence-corrected chi connectivity index (χ2v) is 9.98. The highest BCUT2D eigenvalue weighted by molar-refractivity contribution is 7.90. The number of hydrogen-bond acceptors (Lipinski definition) is 4. The molecule has 1 heterocycles. The fourth-order valence-corrected chi connectivity index (χ4v) is 4.89. The lowest BCUT2D eigenvalue weighted by molar-refractivity contribution is -0.0380. The van der Waals surface area contributed by atoms with E-state index in [0.717, 1.165) is 45.0 Å². The Kier molecular flexibility index (Phi) is 4.91. The van der Waals surface area contributed by atoms with Gasteiger partial charge in [-0.05, 0) is 79.6 Å². The van der Waals surface area contributed by atoms with Gasteiger partial charge in [-0.2, -0.15) is 0 Å². The zero-order valence-corrected chi connectivity index (χ0v) is 16.5.